The van der Waals surface area contributed by atoms with E-state index >= 15 is 0 Å². The zero-order chi connectivity index (χ0) is 8.97. The minimum absolute atomic E-state index is 0.290. The Bertz CT molecular complexity index is 255. The highest BCUT2D eigenvalue weighted by Crippen LogP contribution is 2.16. The van der Waals surface area contributed by atoms with Gasteiger partial charge in [-0.25, -0.2) is 0 Å². The van der Waals surface area contributed by atoms with Crippen LogP contribution in [0.25, 0.3) is 0 Å². The van der Waals surface area contributed by atoms with Crippen LogP contribution >= 0.6 is 15.9 Å². The normalized spacial score (nSPS) is 12.9. The maximum absolute atomic E-state index is 9.46. The van der Waals surface area contributed by atoms with Crippen LogP contribution in [0.5, 0.6) is 0 Å². The van der Waals surface area contributed by atoms with Crippen molar-refractivity contribution in [1.82, 2.24) is 4.98 Å². The first-order valence-corrected chi connectivity index (χ1v) is 4.31. The molecule has 1 aromatic heterocycles. The second-order valence-corrected chi connectivity index (χ2v) is 3.32. The van der Waals surface area contributed by atoms with Crippen LogP contribution < -0.4 is 0 Å². The zero-order valence-corrected chi connectivity index (χ0v) is 8.28. The number of aromatic nitrogens is 1. The number of rotatable bonds is 3. The van der Waals surface area contributed by atoms with Gasteiger partial charge in [0, 0.05) is 29.5 Å². The van der Waals surface area contributed by atoms with Crippen molar-refractivity contribution in [2.75, 3.05) is 13.7 Å². The highest BCUT2D eigenvalue weighted by molar-refractivity contribution is 9.10. The molecule has 0 saturated carbocycles. The van der Waals surface area contributed by atoms with Crippen LogP contribution in [0.15, 0.2) is 22.9 Å². The molecule has 4 heteroatoms. The molecule has 0 aliphatic carbocycles. The molecule has 1 heterocycles. The van der Waals surface area contributed by atoms with Gasteiger partial charge in [-0.05, 0) is 22.0 Å². The molecule has 0 fully saturated rings. The Balaban J connectivity index is 2.73. The van der Waals surface area contributed by atoms with Gasteiger partial charge >= 0.3 is 0 Å². The van der Waals surface area contributed by atoms with Crippen LogP contribution in [0.4, 0.5) is 0 Å². The van der Waals surface area contributed by atoms with E-state index < -0.39 is 6.10 Å². The van der Waals surface area contributed by atoms with E-state index in [1.807, 2.05) is 6.07 Å². The molecule has 3 nitrogen and oxygen atoms in total. The lowest BCUT2D eigenvalue weighted by Gasteiger charge is -2.08. The van der Waals surface area contributed by atoms with E-state index in [4.69, 9.17) is 4.74 Å². The van der Waals surface area contributed by atoms with Gasteiger partial charge in [-0.2, -0.15) is 0 Å². The molecule has 1 aromatic rings. The van der Waals surface area contributed by atoms with Gasteiger partial charge in [0.15, 0.2) is 0 Å². The summed E-state index contributed by atoms with van der Waals surface area (Å²) in [5.41, 5.74) is 0.756. The van der Waals surface area contributed by atoms with Gasteiger partial charge in [-0.1, -0.05) is 0 Å². The summed E-state index contributed by atoms with van der Waals surface area (Å²) in [6.07, 6.45) is 2.69. The monoisotopic (exact) mass is 231 g/mol. The number of hydrogen-bond acceptors (Lipinski definition) is 3. The minimum Gasteiger partial charge on any atom is -0.386 e. The third-order valence-electron chi connectivity index (χ3n) is 1.44. The highest BCUT2D eigenvalue weighted by Gasteiger charge is 2.06. The molecular formula is C8H10BrNO2. The number of methoxy groups -OCH3 is 1. The lowest BCUT2D eigenvalue weighted by atomic mass is 10.2. The SMILES string of the molecule is COCC(O)c1cncc(Br)c1. The topological polar surface area (TPSA) is 42.4 Å². The Kier molecular flexibility index (Phi) is 3.65. The molecule has 1 unspecified atom stereocenters. The molecule has 0 aliphatic rings. The first-order valence-electron chi connectivity index (χ1n) is 3.51. The fraction of sp³-hybridized carbons (Fsp3) is 0.375. The molecule has 0 amide bonds. The van der Waals surface area contributed by atoms with Gasteiger partial charge in [0.2, 0.25) is 0 Å². The molecular weight excluding hydrogens is 222 g/mol. The fourth-order valence-electron chi connectivity index (χ4n) is 0.865. The van der Waals surface area contributed by atoms with E-state index in [2.05, 4.69) is 20.9 Å². The van der Waals surface area contributed by atoms with E-state index in [-0.39, 0.29) is 6.61 Å². The molecule has 0 radical (unpaired) electrons. The molecule has 0 aliphatic heterocycles. The molecule has 0 spiro atoms. The van der Waals surface area contributed by atoms with Gasteiger partial charge in [0.05, 0.1) is 6.61 Å². The summed E-state index contributed by atoms with van der Waals surface area (Å²) in [4.78, 5) is 3.93. The van der Waals surface area contributed by atoms with Gasteiger partial charge in [-0.3, -0.25) is 4.98 Å². The van der Waals surface area contributed by atoms with E-state index in [1.165, 1.54) is 0 Å². The third kappa shape index (κ3) is 2.55. The Labute approximate surface area is 79.5 Å². The highest BCUT2D eigenvalue weighted by atomic mass is 79.9. The van der Waals surface area contributed by atoms with Crippen molar-refractivity contribution >= 4 is 15.9 Å². The second-order valence-electron chi connectivity index (χ2n) is 2.41. The van der Waals surface area contributed by atoms with Crippen LogP contribution in [0, 0.1) is 0 Å². The number of ether oxygens (including phenoxy) is 1. The van der Waals surface area contributed by atoms with Crippen molar-refractivity contribution in [1.29, 1.82) is 0 Å². The second kappa shape index (κ2) is 4.54. The Morgan fingerprint density at radius 3 is 3.00 bits per heavy atom. The summed E-state index contributed by atoms with van der Waals surface area (Å²) < 4.78 is 5.66. The standard InChI is InChI=1S/C8H10BrNO2/c1-12-5-8(11)6-2-7(9)4-10-3-6/h2-4,8,11H,5H2,1H3. The zero-order valence-electron chi connectivity index (χ0n) is 6.70. The Morgan fingerprint density at radius 2 is 2.42 bits per heavy atom. The number of aliphatic hydroxyl groups is 1. The van der Waals surface area contributed by atoms with Crippen molar-refractivity contribution in [3.8, 4) is 0 Å². The summed E-state index contributed by atoms with van der Waals surface area (Å²) in [6.45, 7) is 0.290. The number of pyridine rings is 1. The summed E-state index contributed by atoms with van der Waals surface area (Å²) in [6, 6.07) is 1.82. The van der Waals surface area contributed by atoms with Crippen molar-refractivity contribution in [2.24, 2.45) is 0 Å². The van der Waals surface area contributed by atoms with Crippen molar-refractivity contribution in [3.05, 3.63) is 28.5 Å². The number of hydrogen-bond donors (Lipinski definition) is 1. The van der Waals surface area contributed by atoms with Crippen molar-refractivity contribution in [3.63, 3.8) is 0 Å². The van der Waals surface area contributed by atoms with Gasteiger partial charge in [0.1, 0.15) is 6.10 Å². The van der Waals surface area contributed by atoms with Crippen LogP contribution in [0.2, 0.25) is 0 Å². The number of halogens is 1. The molecule has 12 heavy (non-hydrogen) atoms. The summed E-state index contributed by atoms with van der Waals surface area (Å²) in [7, 11) is 1.55. The van der Waals surface area contributed by atoms with Crippen LogP contribution in [0.3, 0.4) is 0 Å². The summed E-state index contributed by atoms with van der Waals surface area (Å²) in [5.74, 6) is 0. The number of nitrogens with zero attached hydrogens (tertiary/aromatic N) is 1. The molecule has 0 bridgehead atoms. The average Bonchev–Trinajstić information content (AvgIpc) is 2.05. The van der Waals surface area contributed by atoms with Crippen molar-refractivity contribution < 1.29 is 9.84 Å². The predicted molar refractivity (Wildman–Crippen MR) is 48.8 cm³/mol. The maximum atomic E-state index is 9.46. The minimum atomic E-state index is -0.597. The largest absolute Gasteiger partial charge is 0.386 e. The molecule has 0 saturated heterocycles. The number of aliphatic hydroxyl groups excluding tert-OH is 1. The van der Waals surface area contributed by atoms with E-state index in [9.17, 15) is 5.11 Å². The summed E-state index contributed by atoms with van der Waals surface area (Å²) >= 11 is 3.27. The van der Waals surface area contributed by atoms with Crippen LogP contribution in [0.1, 0.15) is 11.7 Å². The van der Waals surface area contributed by atoms with Gasteiger partial charge in [-0.15, -0.1) is 0 Å². The first-order chi connectivity index (χ1) is 5.74. The van der Waals surface area contributed by atoms with Crippen LogP contribution in [-0.4, -0.2) is 23.8 Å². The first kappa shape index (κ1) is 9.64. The maximum Gasteiger partial charge on any atom is 0.104 e. The van der Waals surface area contributed by atoms with Gasteiger partial charge < -0.3 is 9.84 Å². The van der Waals surface area contributed by atoms with E-state index in [0.717, 1.165) is 10.0 Å². The smallest absolute Gasteiger partial charge is 0.104 e. The lowest BCUT2D eigenvalue weighted by molar-refractivity contribution is 0.0641. The predicted octanol–water partition coefficient (Wildman–Crippen LogP) is 1.52. The average molecular weight is 232 g/mol. The molecule has 1 N–H and O–H groups in total. The quantitative estimate of drug-likeness (QED) is 0.859. The molecule has 66 valence electrons. The lowest BCUT2D eigenvalue weighted by Crippen LogP contribution is -2.05. The van der Waals surface area contributed by atoms with Gasteiger partial charge in [0.25, 0.3) is 0 Å². The fourth-order valence-corrected chi connectivity index (χ4v) is 1.25. The Hall–Kier alpha value is -0.450. The Morgan fingerprint density at radius 1 is 1.67 bits per heavy atom. The molecule has 1 rings (SSSR count). The molecule has 1 atom stereocenters. The summed E-state index contributed by atoms with van der Waals surface area (Å²) in [5, 5.41) is 9.46. The van der Waals surface area contributed by atoms with Crippen LogP contribution in [-0.2, 0) is 4.74 Å². The van der Waals surface area contributed by atoms with Crippen molar-refractivity contribution in [2.45, 2.75) is 6.10 Å². The third-order valence-corrected chi connectivity index (χ3v) is 1.87. The van der Waals surface area contributed by atoms with E-state index in [1.54, 1.807) is 19.5 Å². The molecule has 0 aromatic carbocycles. The van der Waals surface area contributed by atoms with E-state index in [0.29, 0.717) is 0 Å².